The highest BCUT2D eigenvalue weighted by molar-refractivity contribution is 5.25. The molecule has 0 saturated carbocycles. The zero-order chi connectivity index (χ0) is 107. The van der Waals surface area contributed by atoms with Crippen LogP contribution in [-0.4, -0.2) is 304 Å². The van der Waals surface area contributed by atoms with E-state index in [9.17, 15) is 119 Å². The van der Waals surface area contributed by atoms with Crippen molar-refractivity contribution in [2.45, 2.75) is 266 Å². The summed E-state index contributed by atoms with van der Waals surface area (Å²) in [6, 6.07) is 0. The van der Waals surface area contributed by atoms with Crippen LogP contribution in [0.25, 0.3) is 0 Å². The molecule has 12 saturated heterocycles. The zero-order valence-electron chi connectivity index (χ0n) is 85.5. The predicted molar refractivity (Wildman–Crippen MR) is 427 cm³/mol. The Morgan fingerprint density at radius 2 is 0.476 bits per heavy atom. The molecule has 696 valence electrons. The van der Waals surface area contributed by atoms with E-state index in [0.29, 0.717) is 30.0 Å². The highest BCUT2D eigenvalue weighted by atomic mass is 16.7. The van der Waals surface area contributed by atoms with Crippen molar-refractivity contribution in [1.82, 2.24) is 57.3 Å². The number of aromatic nitrogens is 12. The Hall–Kier alpha value is -8.88. The van der Waals surface area contributed by atoms with Gasteiger partial charge in [-0.1, -0.05) is 0 Å². The lowest BCUT2D eigenvalue weighted by Crippen LogP contribution is -2.58. The second-order valence-corrected chi connectivity index (χ2v) is 31.2. The van der Waals surface area contributed by atoms with Crippen molar-refractivity contribution in [3.8, 4) is 0 Å². The molecule has 6 aromatic heterocycles. The van der Waals surface area contributed by atoms with Gasteiger partial charge in [0.15, 0.2) is 37.4 Å². The van der Waals surface area contributed by atoms with Crippen LogP contribution in [0.3, 0.4) is 0 Å². The summed E-state index contributed by atoms with van der Waals surface area (Å²) < 4.78 is 196. The standard InChI is InChI=1S/6C13H18N2O6/c6*1-6-7(2)15(12(19)14-10(6)18)11-13(3-4-20-13)9(17)8(5-16)21-11/h6*8-9,11,16-17H,3-5H2,1-2H3,(H,14,18,19)/t6*8-,9-,11-,13-/m111111/s1/i2*5D2,8D,9D;5D,8D,9D;8D,9D;5D,9D;9D/t2m;5?,8-,9-,11-,13-;m;5?,8-,9-,11-,13-;m. The molecule has 6 aromatic rings. The number of nitrogens with zero attached hydrogens (tertiary/aromatic N) is 6. The molecule has 48 nitrogen and oxygen atoms in total. The van der Waals surface area contributed by atoms with E-state index in [-0.39, 0.29) is 116 Å². The first-order valence-electron chi connectivity index (χ1n) is 47.2. The van der Waals surface area contributed by atoms with Crippen molar-refractivity contribution in [3.05, 3.63) is 193 Å². The van der Waals surface area contributed by atoms with Gasteiger partial charge >= 0.3 is 34.1 Å². The smallest absolute Gasteiger partial charge is 0.330 e. The molecule has 6 spiro atoms. The first-order chi connectivity index (χ1) is 65.1. The van der Waals surface area contributed by atoms with E-state index in [0.717, 1.165) is 22.8 Å². The Kier molecular flexibility index (Phi) is 21.3. The van der Waals surface area contributed by atoms with Crippen molar-refractivity contribution < 1.29 is 140 Å². The number of aromatic amines is 6. The van der Waals surface area contributed by atoms with Crippen LogP contribution in [0.1, 0.15) is 165 Å². The predicted octanol–water partition coefficient (Wildman–Crippen LogP) is -8.62. The van der Waals surface area contributed by atoms with Crippen molar-refractivity contribution in [2.75, 3.05) is 79.1 Å². The summed E-state index contributed by atoms with van der Waals surface area (Å²) in [5.41, 5.74) is -16.0. The van der Waals surface area contributed by atoms with Gasteiger partial charge in [0.2, 0.25) is 0 Å². The molecule has 2 unspecified atom stereocenters. The Morgan fingerprint density at radius 1 is 0.286 bits per heavy atom. The molecular formula is C78H108N12O36. The fourth-order valence-electron chi connectivity index (χ4n) is 16.4. The number of rotatable bonds is 12. The second-order valence-electron chi connectivity index (χ2n) is 31.2. The molecule has 12 aliphatic heterocycles. The number of nitrogens with one attached hydrogen (secondary N) is 6. The maximum atomic E-state index is 12.3. The summed E-state index contributed by atoms with van der Waals surface area (Å²) in [6.07, 6.45) is -37.8. The lowest BCUT2D eigenvalue weighted by Gasteiger charge is -2.44. The van der Waals surface area contributed by atoms with E-state index in [4.69, 9.17) is 78.8 Å². The van der Waals surface area contributed by atoms with Crippen LogP contribution in [0, 0.1) is 83.1 Å². The summed E-state index contributed by atoms with van der Waals surface area (Å²) in [7, 11) is 0. The number of hydrogen-bond acceptors (Lipinski definition) is 36. The second kappa shape index (κ2) is 35.9. The van der Waals surface area contributed by atoms with Gasteiger partial charge in [-0.05, 0) is 83.1 Å². The fraction of sp³-hybridized carbons (Fsp3) is 0.692. The molecule has 0 bridgehead atoms. The van der Waals surface area contributed by atoms with Gasteiger partial charge in [0.25, 0.3) is 33.4 Å². The highest BCUT2D eigenvalue weighted by Gasteiger charge is 2.68. The molecule has 18 rings (SSSR count). The third-order valence-corrected chi connectivity index (χ3v) is 25.2. The topological polar surface area (TPSA) is 683 Å². The lowest BCUT2D eigenvalue weighted by atomic mass is 9.86. The van der Waals surface area contributed by atoms with Gasteiger partial charge in [-0.3, -0.25) is 86.1 Å². The highest BCUT2D eigenvalue weighted by Crippen LogP contribution is 2.54. The van der Waals surface area contributed by atoms with Crippen molar-refractivity contribution in [1.29, 1.82) is 0 Å². The Labute approximate surface area is 733 Å². The quantitative estimate of drug-likeness (QED) is 0.0541. The molecule has 12 fully saturated rings. The minimum Gasteiger partial charge on any atom is -0.394 e. The summed E-state index contributed by atoms with van der Waals surface area (Å²) in [5, 5.41) is 120. The Balaban J connectivity index is 0.000000143. The third kappa shape index (κ3) is 15.1. The summed E-state index contributed by atoms with van der Waals surface area (Å²) in [5.74, 6) is 0. The molecule has 126 heavy (non-hydrogen) atoms. The number of aliphatic hydroxyl groups is 12. The first kappa shape index (κ1) is 75.0. The first-order valence-corrected chi connectivity index (χ1v) is 39.1. The Morgan fingerprint density at radius 3 is 0.675 bits per heavy atom. The average molecular weight is 1810 g/mol. The van der Waals surface area contributed by atoms with Crippen molar-refractivity contribution in [2.24, 2.45) is 0 Å². The molecule has 0 aromatic carbocycles. The largest absolute Gasteiger partial charge is 0.394 e. The molecule has 18 N–H and O–H groups in total. The maximum absolute atomic E-state index is 12.3. The summed E-state index contributed by atoms with van der Waals surface area (Å²) >= 11 is 0. The number of aliphatic hydroxyl groups excluding tert-OH is 4. The monoisotopic (exact) mass is 1800 g/mol. The van der Waals surface area contributed by atoms with Gasteiger partial charge < -0.3 is 118 Å². The van der Waals surface area contributed by atoms with Crippen LogP contribution in [0.5, 0.6) is 0 Å². The van der Waals surface area contributed by atoms with Crippen LogP contribution >= 0.6 is 0 Å². The average Bonchev–Trinajstić information content (AvgIpc) is 1.49. The van der Waals surface area contributed by atoms with Crippen molar-refractivity contribution >= 4 is 0 Å². The number of H-pyrrole nitrogens is 6. The molecule has 0 amide bonds. The van der Waals surface area contributed by atoms with E-state index < -0.39 is 251 Å². The maximum Gasteiger partial charge on any atom is 0.330 e. The summed E-state index contributed by atoms with van der Waals surface area (Å²) in [4.78, 5) is 156. The molecule has 12 aliphatic rings. The number of hydrogen-bond donors (Lipinski definition) is 18. The lowest BCUT2D eigenvalue weighted by molar-refractivity contribution is -0.227. The van der Waals surface area contributed by atoms with Gasteiger partial charge in [0.05, 0.1) is 101 Å². The van der Waals surface area contributed by atoms with Crippen LogP contribution in [0.4, 0.5) is 0 Å². The van der Waals surface area contributed by atoms with Crippen molar-refractivity contribution in [3.63, 3.8) is 0 Å². The third-order valence-electron chi connectivity index (χ3n) is 25.2. The minimum absolute atomic E-state index is 0.0154. The van der Waals surface area contributed by atoms with Gasteiger partial charge in [-0.25, -0.2) is 28.8 Å². The van der Waals surface area contributed by atoms with E-state index in [2.05, 4.69) is 29.9 Å². The molecule has 48 heteroatoms. The van der Waals surface area contributed by atoms with Gasteiger partial charge in [-0.15, -0.1) is 0 Å². The molecule has 0 aliphatic carbocycles. The molecule has 18 heterocycles. The van der Waals surface area contributed by atoms with Gasteiger partial charge in [-0.2, -0.15) is 0 Å². The molecular weight excluding hydrogens is 1680 g/mol. The zero-order valence-corrected chi connectivity index (χ0v) is 69.5. The van der Waals surface area contributed by atoms with E-state index in [1.54, 1.807) is 13.8 Å². The van der Waals surface area contributed by atoms with Crippen LogP contribution in [0.2, 0.25) is 0 Å². The van der Waals surface area contributed by atoms with E-state index >= 15 is 0 Å². The normalized spacial score (nSPS) is 43.6. The van der Waals surface area contributed by atoms with Crippen LogP contribution in [0.15, 0.2) is 57.5 Å². The molecule has 26 atom stereocenters. The minimum atomic E-state index is -3.43. The van der Waals surface area contributed by atoms with Gasteiger partial charge in [0, 0.05) is 106 Å². The fourth-order valence-corrected chi connectivity index (χ4v) is 16.4. The van der Waals surface area contributed by atoms with Gasteiger partial charge in [0.1, 0.15) is 107 Å². The Bertz CT molecular complexity index is 6630. The van der Waals surface area contributed by atoms with Crippen LogP contribution < -0.4 is 67.5 Å². The molecule has 0 radical (unpaired) electrons. The SMILES string of the molecule is [2H]C(O)[C@@]1([2H])O[C@@H](n2c(C)c(C)c(=O)[nH]c2=O)[C@@]2(CCO2)[C@]1([2H])O.[2H]C(O)[C@H]1O[C@@H](n2c(C)c(C)c(=O)[nH]c2=O)[C@@]2(CCO2)[C@]1([2H])O.[2H]C([2H])(O)[C@@]1([2H])O[C@@H](n2c(C)c(C)c(=O)[nH]c2=O)[C@@]2(CCO2)[C@]1([2H])O.[2H]C([2H])(O)[C@@]1([2H])O[C@@H](n2c(C)c(C)c(=O)[nH]c2=O)[C@@]2(CCO2)[C@]1([2H])O.[2H][C@@]1(O)[C@@H](CO)O[C@@H](n2c(C)c(C)c(=O)[nH]c2=O)[C@@]12CCO2.[2H][C@@]1(O)[C@@]([2H])(CO)O[C@@H](n2c(C)c(C)c(=O)[nH]c2=O)[C@@]12CCO2. The number of ether oxygens (including phenoxy) is 12. The summed E-state index contributed by atoms with van der Waals surface area (Å²) in [6.45, 7) is 6.50. The van der Waals surface area contributed by atoms with Crippen LogP contribution in [-0.2, 0) is 56.8 Å². The van der Waals surface area contributed by atoms with E-state index in [1.165, 1.54) is 73.8 Å². The van der Waals surface area contributed by atoms with E-state index in [1.807, 2.05) is 0 Å².